The van der Waals surface area contributed by atoms with E-state index < -0.39 is 28.8 Å². The Morgan fingerprint density at radius 1 is 0.941 bits per heavy atom. The molecule has 0 amide bonds. The molecule has 0 heterocycles. The smallest absolute Gasteiger partial charge is 0.194 e. The van der Waals surface area contributed by atoms with Gasteiger partial charge in [0.2, 0.25) is 0 Å². The SMILES string of the molecule is CC1=[C-]C(C)C(C)=C1C.C[Si](C)=[Zr+2].Fc1cc(F)c(-c2c[cH-]c3ccccc23)c(F)c1F.[Cl-].[Cl-]. The number of fused-ring (bicyclic) bond motifs is 1. The van der Waals surface area contributed by atoms with Gasteiger partial charge in [-0.2, -0.15) is 11.1 Å². The molecule has 3 aromatic rings. The van der Waals surface area contributed by atoms with Gasteiger partial charge in [0.1, 0.15) is 5.82 Å². The van der Waals surface area contributed by atoms with Gasteiger partial charge in [-0.05, 0) is 0 Å². The zero-order valence-corrected chi connectivity index (χ0v) is 24.9. The van der Waals surface area contributed by atoms with Crippen molar-refractivity contribution in [3.8, 4) is 11.1 Å². The van der Waals surface area contributed by atoms with Crippen LogP contribution >= 0.6 is 0 Å². The summed E-state index contributed by atoms with van der Waals surface area (Å²) in [5.41, 5.74) is 4.13. The number of halogens is 6. The van der Waals surface area contributed by atoms with Crippen LogP contribution in [0.4, 0.5) is 17.6 Å². The van der Waals surface area contributed by atoms with Gasteiger partial charge in [-0.3, -0.25) is 6.08 Å². The van der Waals surface area contributed by atoms with Crippen LogP contribution in [0, 0.1) is 35.3 Å². The topological polar surface area (TPSA) is 0 Å². The van der Waals surface area contributed by atoms with Crippen molar-refractivity contribution >= 4 is 16.2 Å². The molecule has 1 aliphatic rings. The fourth-order valence-electron chi connectivity index (χ4n) is 3.34. The Kier molecular flexibility index (Phi) is 14.0. The van der Waals surface area contributed by atoms with Crippen LogP contribution in [0.5, 0.6) is 0 Å². The van der Waals surface area contributed by atoms with Crippen molar-refractivity contribution in [1.29, 1.82) is 0 Å². The first-order valence-corrected chi connectivity index (χ1v) is 16.4. The minimum absolute atomic E-state index is 0. The molecule has 0 fully saturated rings. The summed E-state index contributed by atoms with van der Waals surface area (Å²) >= 11 is 1.74. The molecule has 4 rings (SSSR count). The standard InChI is InChI=1S/C15H7F4.C9H13.C2H6Si.2ClH.Zr/c16-11-7-12(17)14(18)15(19)13(11)10-6-5-8-3-1-2-4-9(8)10;1-6-5-7(2)9(4)8(6)3;1-3-2;;;/h1-7H;6H,1-4H3;1-2H3;2*1H;/q2*-1;;;;+2/p-2. The normalized spacial score (nSPS) is 14.2. The Hall–Kier alpha value is -1.07. The summed E-state index contributed by atoms with van der Waals surface area (Å²) in [4.78, 5) is 0. The summed E-state index contributed by atoms with van der Waals surface area (Å²) in [7, 11) is 0. The molecule has 8 heteroatoms. The molecule has 0 radical (unpaired) electrons. The van der Waals surface area contributed by atoms with Gasteiger partial charge in [-0.1, -0.05) is 32.8 Å². The maximum atomic E-state index is 13.8. The summed E-state index contributed by atoms with van der Waals surface area (Å²) in [6.07, 6.45) is 3.36. The third-order valence-corrected chi connectivity index (χ3v) is 5.30. The number of hydrogen-bond acceptors (Lipinski definition) is 0. The molecule has 0 saturated heterocycles. The molecule has 0 bridgehead atoms. The maximum Gasteiger partial charge on any atom is 0.194 e. The first kappa shape index (κ1) is 32.9. The van der Waals surface area contributed by atoms with Gasteiger partial charge in [0, 0.05) is 11.6 Å². The van der Waals surface area contributed by atoms with Crippen LogP contribution in [0.1, 0.15) is 27.7 Å². The molecule has 1 unspecified atom stereocenters. The second-order valence-corrected chi connectivity index (χ2v) is 17.4. The predicted octanol–water partition coefficient (Wildman–Crippen LogP) is 2.30. The molecule has 182 valence electrons. The quantitative estimate of drug-likeness (QED) is 0.132. The van der Waals surface area contributed by atoms with Crippen LogP contribution in [0.2, 0.25) is 13.1 Å². The van der Waals surface area contributed by atoms with Crippen molar-refractivity contribution in [1.82, 2.24) is 0 Å². The van der Waals surface area contributed by atoms with Crippen molar-refractivity contribution in [2.75, 3.05) is 0 Å². The summed E-state index contributed by atoms with van der Waals surface area (Å²) in [5.74, 6) is -5.26. The zero-order chi connectivity index (χ0) is 24.2. The molecule has 0 spiro atoms. The van der Waals surface area contributed by atoms with E-state index >= 15 is 0 Å². The monoisotopic (exact) mass is 602 g/mol. The van der Waals surface area contributed by atoms with E-state index in [1.165, 1.54) is 22.8 Å². The van der Waals surface area contributed by atoms with Gasteiger partial charge in [-0.25, -0.2) is 23.1 Å². The molecule has 0 saturated carbocycles. The van der Waals surface area contributed by atoms with E-state index in [1.807, 2.05) is 0 Å². The Morgan fingerprint density at radius 2 is 1.50 bits per heavy atom. The first-order chi connectivity index (χ1) is 15.0. The molecule has 0 aliphatic heterocycles. The molecule has 1 atom stereocenters. The van der Waals surface area contributed by atoms with Gasteiger partial charge >= 0.3 is 41.9 Å². The Bertz CT molecular complexity index is 1210. The molecule has 1 aliphatic carbocycles. The summed E-state index contributed by atoms with van der Waals surface area (Å²) in [6, 6.07) is 10.5. The van der Waals surface area contributed by atoms with Crippen LogP contribution in [0.25, 0.3) is 21.9 Å². The van der Waals surface area contributed by atoms with Crippen LogP contribution < -0.4 is 24.8 Å². The van der Waals surface area contributed by atoms with E-state index in [-0.39, 0.29) is 35.8 Å². The van der Waals surface area contributed by atoms with Crippen molar-refractivity contribution < 1.29 is 65.7 Å². The van der Waals surface area contributed by atoms with E-state index in [1.54, 1.807) is 53.7 Å². The van der Waals surface area contributed by atoms with E-state index in [4.69, 9.17) is 0 Å². The second-order valence-electron chi connectivity index (χ2n) is 7.98. The zero-order valence-electron chi connectivity index (χ0n) is 19.9. The van der Waals surface area contributed by atoms with Crippen LogP contribution in [0.15, 0.2) is 59.2 Å². The van der Waals surface area contributed by atoms with Gasteiger partial charge in [0.05, 0.1) is 0 Å². The minimum Gasteiger partial charge on any atom is -1.00 e. The third-order valence-electron chi connectivity index (χ3n) is 5.30. The first-order valence-electron chi connectivity index (χ1n) is 10.2. The fourth-order valence-corrected chi connectivity index (χ4v) is 3.34. The van der Waals surface area contributed by atoms with Crippen LogP contribution in [0.3, 0.4) is 0 Å². The van der Waals surface area contributed by atoms with Gasteiger partial charge in [0.25, 0.3) is 0 Å². The third kappa shape index (κ3) is 7.98. The summed E-state index contributed by atoms with van der Waals surface area (Å²) in [6.45, 7) is 13.3. The number of allylic oxidation sites excluding steroid dienone is 4. The number of hydrogen-bond donors (Lipinski definition) is 0. The van der Waals surface area contributed by atoms with Gasteiger partial charge < -0.3 is 24.8 Å². The summed E-state index contributed by atoms with van der Waals surface area (Å²) < 4.78 is 53.7. The maximum absolute atomic E-state index is 13.8. The molecule has 34 heavy (non-hydrogen) atoms. The van der Waals surface area contributed by atoms with Gasteiger partial charge in [-0.15, -0.1) is 53.6 Å². The molecule has 3 aromatic carbocycles. The van der Waals surface area contributed by atoms with E-state index in [0.717, 1.165) is 5.39 Å². The molecule has 0 aromatic heterocycles. The van der Waals surface area contributed by atoms with E-state index in [0.29, 0.717) is 17.4 Å². The van der Waals surface area contributed by atoms with Gasteiger partial charge in [0.15, 0.2) is 17.5 Å². The Balaban J connectivity index is 0.000000614. The number of rotatable bonds is 1. The fraction of sp³-hybridized carbons (Fsp3) is 0.269. The Morgan fingerprint density at radius 3 is 1.97 bits per heavy atom. The van der Waals surface area contributed by atoms with Crippen molar-refractivity contribution in [3.05, 3.63) is 88.5 Å². The second kappa shape index (κ2) is 14.5. The summed E-state index contributed by atoms with van der Waals surface area (Å²) in [5, 5.41) is 1.37. The Labute approximate surface area is 227 Å². The van der Waals surface area contributed by atoms with E-state index in [2.05, 4.69) is 46.9 Å². The number of benzene rings is 2. The van der Waals surface area contributed by atoms with Crippen molar-refractivity contribution in [2.24, 2.45) is 5.92 Å². The van der Waals surface area contributed by atoms with Crippen molar-refractivity contribution in [3.63, 3.8) is 0 Å². The average Bonchev–Trinajstić information content (AvgIpc) is 3.23. The largest absolute Gasteiger partial charge is 1.00 e. The molecular formula is C26H26Cl2F4SiZr-2. The molecule has 0 nitrogen and oxygen atoms in total. The molecular weight excluding hydrogens is 578 g/mol. The van der Waals surface area contributed by atoms with Crippen molar-refractivity contribution in [2.45, 2.75) is 40.8 Å². The average molecular weight is 605 g/mol. The van der Waals surface area contributed by atoms with Crippen LogP contribution in [-0.2, 0) is 23.3 Å². The predicted molar refractivity (Wildman–Crippen MR) is 122 cm³/mol. The molecule has 0 N–H and O–H groups in total. The van der Waals surface area contributed by atoms with E-state index in [9.17, 15) is 17.6 Å². The minimum atomic E-state index is -1.67. The van der Waals surface area contributed by atoms with Crippen LogP contribution in [-0.4, -0.2) is 5.43 Å².